The van der Waals surface area contributed by atoms with E-state index < -0.39 is 11.7 Å². The zero-order valence-corrected chi connectivity index (χ0v) is 15.4. The molecular formula is C21H21F3N4. The molecule has 2 aromatic carbocycles. The molecule has 3 aromatic rings. The Morgan fingerprint density at radius 1 is 0.929 bits per heavy atom. The van der Waals surface area contributed by atoms with Crippen molar-refractivity contribution in [3.05, 3.63) is 77.5 Å². The predicted octanol–water partition coefficient (Wildman–Crippen LogP) is 5.59. The molecule has 0 saturated heterocycles. The van der Waals surface area contributed by atoms with Crippen molar-refractivity contribution in [2.45, 2.75) is 25.9 Å². The molecule has 1 aromatic heterocycles. The van der Waals surface area contributed by atoms with Gasteiger partial charge in [-0.2, -0.15) is 18.2 Å². The minimum Gasteiger partial charge on any atom is -0.354 e. The van der Waals surface area contributed by atoms with Gasteiger partial charge in [-0.05, 0) is 37.5 Å². The second kappa shape index (κ2) is 8.73. The highest BCUT2D eigenvalue weighted by Crippen LogP contribution is 2.35. The highest BCUT2D eigenvalue weighted by molar-refractivity contribution is 5.62. The average Bonchev–Trinajstić information content (AvgIpc) is 2.65. The van der Waals surface area contributed by atoms with Crippen molar-refractivity contribution in [1.82, 2.24) is 9.97 Å². The molecule has 0 bridgehead atoms. The minimum absolute atomic E-state index is 0.0388. The maximum atomic E-state index is 13.2. The number of nitrogens with one attached hydrogen (secondary N) is 2. The van der Waals surface area contributed by atoms with Gasteiger partial charge in [-0.25, -0.2) is 4.98 Å². The summed E-state index contributed by atoms with van der Waals surface area (Å²) in [6.07, 6.45) is -2.63. The molecule has 28 heavy (non-hydrogen) atoms. The lowest BCUT2D eigenvalue weighted by molar-refractivity contribution is -0.136. The largest absolute Gasteiger partial charge is 0.418 e. The lowest BCUT2D eigenvalue weighted by Gasteiger charge is -2.15. The van der Waals surface area contributed by atoms with Gasteiger partial charge in [0.05, 0.1) is 11.3 Å². The summed E-state index contributed by atoms with van der Waals surface area (Å²) in [6.45, 7) is 2.44. The van der Waals surface area contributed by atoms with Crippen LogP contribution in [0.1, 0.15) is 23.2 Å². The number of benzene rings is 2. The molecule has 0 aliphatic heterocycles. The maximum Gasteiger partial charge on any atom is 0.418 e. The van der Waals surface area contributed by atoms with Crippen LogP contribution in [0.4, 0.5) is 30.6 Å². The van der Waals surface area contributed by atoms with Crippen molar-refractivity contribution in [2.24, 2.45) is 0 Å². The quantitative estimate of drug-likeness (QED) is 0.520. The Balaban J connectivity index is 1.65. The van der Waals surface area contributed by atoms with E-state index in [2.05, 4.69) is 32.7 Å². The number of hydrogen-bond donors (Lipinski definition) is 2. The third kappa shape index (κ3) is 5.45. The number of anilines is 3. The van der Waals surface area contributed by atoms with E-state index in [0.717, 1.165) is 18.9 Å². The van der Waals surface area contributed by atoms with Crippen LogP contribution in [0.5, 0.6) is 0 Å². The van der Waals surface area contributed by atoms with E-state index >= 15 is 0 Å². The third-order valence-electron chi connectivity index (χ3n) is 4.12. The maximum absolute atomic E-state index is 13.2. The number of aryl methyl sites for hydroxylation is 2. The summed E-state index contributed by atoms with van der Waals surface area (Å²) in [7, 11) is 0. The highest BCUT2D eigenvalue weighted by atomic mass is 19.4. The minimum atomic E-state index is -4.44. The van der Waals surface area contributed by atoms with E-state index in [1.54, 1.807) is 19.1 Å². The fraction of sp³-hybridized carbons (Fsp3) is 0.238. The normalized spacial score (nSPS) is 11.3. The van der Waals surface area contributed by atoms with E-state index in [-0.39, 0.29) is 5.69 Å². The number of rotatable bonds is 7. The van der Waals surface area contributed by atoms with Gasteiger partial charge in [0.15, 0.2) is 0 Å². The molecule has 4 nitrogen and oxygen atoms in total. The van der Waals surface area contributed by atoms with Crippen LogP contribution in [-0.4, -0.2) is 16.5 Å². The van der Waals surface area contributed by atoms with Gasteiger partial charge in [-0.1, -0.05) is 42.5 Å². The number of nitrogens with zero attached hydrogens (tertiary/aromatic N) is 2. The molecule has 0 amide bonds. The van der Waals surface area contributed by atoms with E-state index in [0.29, 0.717) is 24.0 Å². The number of hydrogen-bond acceptors (Lipinski definition) is 4. The van der Waals surface area contributed by atoms with Gasteiger partial charge in [0, 0.05) is 18.3 Å². The number of para-hydroxylation sites is 1. The summed E-state index contributed by atoms with van der Waals surface area (Å²) in [5.41, 5.74) is 1.14. The average molecular weight is 386 g/mol. The molecule has 3 rings (SSSR count). The molecule has 2 N–H and O–H groups in total. The fourth-order valence-electron chi connectivity index (χ4n) is 2.83. The van der Waals surface area contributed by atoms with Crippen LogP contribution in [0.25, 0.3) is 0 Å². The molecule has 0 aliphatic carbocycles. The van der Waals surface area contributed by atoms with Gasteiger partial charge in [-0.15, -0.1) is 0 Å². The first kappa shape index (κ1) is 19.7. The first-order chi connectivity index (χ1) is 13.4. The fourth-order valence-corrected chi connectivity index (χ4v) is 2.83. The number of halogens is 3. The third-order valence-corrected chi connectivity index (χ3v) is 4.12. The van der Waals surface area contributed by atoms with Crippen molar-refractivity contribution in [3.8, 4) is 0 Å². The Morgan fingerprint density at radius 3 is 2.39 bits per heavy atom. The Labute approximate surface area is 161 Å². The second-order valence-electron chi connectivity index (χ2n) is 6.40. The van der Waals surface area contributed by atoms with E-state index in [9.17, 15) is 13.2 Å². The molecule has 0 aliphatic rings. The van der Waals surface area contributed by atoms with Crippen LogP contribution in [-0.2, 0) is 12.6 Å². The summed E-state index contributed by atoms with van der Waals surface area (Å²) < 4.78 is 39.5. The zero-order chi connectivity index (χ0) is 20.0. The molecule has 0 radical (unpaired) electrons. The Bertz CT molecular complexity index is 911. The summed E-state index contributed by atoms with van der Waals surface area (Å²) in [4.78, 5) is 8.60. The van der Waals surface area contributed by atoms with Crippen LogP contribution in [0, 0.1) is 6.92 Å². The molecule has 0 atom stereocenters. The van der Waals surface area contributed by atoms with Gasteiger partial charge in [0.1, 0.15) is 5.82 Å². The van der Waals surface area contributed by atoms with Crippen LogP contribution in [0.3, 0.4) is 0 Å². The lowest BCUT2D eigenvalue weighted by Crippen LogP contribution is -2.11. The molecule has 0 unspecified atom stereocenters. The molecule has 0 spiro atoms. The first-order valence-corrected chi connectivity index (χ1v) is 8.98. The van der Waals surface area contributed by atoms with Crippen LogP contribution in [0.15, 0.2) is 60.7 Å². The van der Waals surface area contributed by atoms with Crippen LogP contribution < -0.4 is 10.6 Å². The van der Waals surface area contributed by atoms with E-state index in [4.69, 9.17) is 0 Å². The first-order valence-electron chi connectivity index (χ1n) is 8.98. The second-order valence-corrected chi connectivity index (χ2v) is 6.40. The Kier molecular flexibility index (Phi) is 6.13. The van der Waals surface area contributed by atoms with Crippen LogP contribution in [0.2, 0.25) is 0 Å². The predicted molar refractivity (Wildman–Crippen MR) is 105 cm³/mol. The molecule has 0 fully saturated rings. The molecule has 146 valence electrons. The van der Waals surface area contributed by atoms with Crippen LogP contribution >= 0.6 is 0 Å². The smallest absolute Gasteiger partial charge is 0.354 e. The lowest BCUT2D eigenvalue weighted by atomic mass is 10.1. The number of alkyl halides is 3. The Morgan fingerprint density at radius 2 is 1.64 bits per heavy atom. The molecular weight excluding hydrogens is 365 g/mol. The highest BCUT2D eigenvalue weighted by Gasteiger charge is 2.33. The summed E-state index contributed by atoms with van der Waals surface area (Å²) in [5.74, 6) is 0.704. The summed E-state index contributed by atoms with van der Waals surface area (Å²) in [5, 5.41) is 5.91. The van der Waals surface area contributed by atoms with Crippen molar-refractivity contribution >= 4 is 17.5 Å². The van der Waals surface area contributed by atoms with Gasteiger partial charge in [0.25, 0.3) is 0 Å². The van der Waals surface area contributed by atoms with E-state index in [1.165, 1.54) is 17.7 Å². The van der Waals surface area contributed by atoms with Gasteiger partial charge in [-0.3, -0.25) is 0 Å². The topological polar surface area (TPSA) is 49.8 Å². The van der Waals surface area contributed by atoms with Crippen molar-refractivity contribution < 1.29 is 13.2 Å². The standard InChI is InChI=1S/C21H21F3N4/c1-15-14-19(27-18-12-6-5-11-17(18)21(22,23)24)28-20(26-15)25-13-7-10-16-8-3-2-4-9-16/h2-6,8-9,11-12,14H,7,10,13H2,1H3,(H2,25,26,27,28). The summed E-state index contributed by atoms with van der Waals surface area (Å²) in [6, 6.07) is 17.1. The van der Waals surface area contributed by atoms with Gasteiger partial charge in [0.2, 0.25) is 5.95 Å². The van der Waals surface area contributed by atoms with Crippen molar-refractivity contribution in [1.29, 1.82) is 0 Å². The van der Waals surface area contributed by atoms with Gasteiger partial charge < -0.3 is 10.6 Å². The van der Waals surface area contributed by atoms with Crippen molar-refractivity contribution in [2.75, 3.05) is 17.2 Å². The monoisotopic (exact) mass is 386 g/mol. The zero-order valence-electron chi connectivity index (χ0n) is 15.4. The Hall–Kier alpha value is -3.09. The SMILES string of the molecule is Cc1cc(Nc2ccccc2C(F)(F)F)nc(NCCCc2ccccc2)n1. The molecule has 1 heterocycles. The number of aromatic nitrogens is 2. The molecule has 7 heteroatoms. The van der Waals surface area contributed by atoms with Crippen molar-refractivity contribution in [3.63, 3.8) is 0 Å². The summed E-state index contributed by atoms with van der Waals surface area (Å²) >= 11 is 0. The molecule has 0 saturated carbocycles. The van der Waals surface area contributed by atoms with E-state index in [1.807, 2.05) is 18.2 Å². The van der Waals surface area contributed by atoms with Gasteiger partial charge >= 0.3 is 6.18 Å².